The summed E-state index contributed by atoms with van der Waals surface area (Å²) in [5, 5.41) is 1.30. The molecule has 0 spiro atoms. The molecule has 1 nitrogen and oxygen atoms in total. The molecule has 1 aliphatic rings. The lowest BCUT2D eigenvalue weighted by molar-refractivity contribution is -0.276. The Morgan fingerprint density at radius 2 is 1.54 bits per heavy atom. The SMILES string of the molecule is CCCCCC1CCC(c2ccc3c(F)c(CCc4cc(F)c(OC(F)(F)F)c(F)c4)ccc3c2)CC1. The van der Waals surface area contributed by atoms with Gasteiger partial charge in [-0.3, -0.25) is 0 Å². The maximum atomic E-state index is 15.3. The van der Waals surface area contributed by atoms with E-state index in [1.165, 1.54) is 44.1 Å². The van der Waals surface area contributed by atoms with Crippen molar-refractivity contribution in [3.05, 3.63) is 76.6 Å². The van der Waals surface area contributed by atoms with Gasteiger partial charge in [-0.25, -0.2) is 13.2 Å². The summed E-state index contributed by atoms with van der Waals surface area (Å²) < 4.78 is 83.7. The molecule has 1 aliphatic carbocycles. The molecule has 200 valence electrons. The van der Waals surface area contributed by atoms with Gasteiger partial charge in [0.1, 0.15) is 5.82 Å². The molecule has 4 rings (SSSR count). The molecule has 0 saturated heterocycles. The summed E-state index contributed by atoms with van der Waals surface area (Å²) >= 11 is 0. The zero-order valence-corrected chi connectivity index (χ0v) is 20.9. The smallest absolute Gasteiger partial charge is 0.399 e. The summed E-state index contributed by atoms with van der Waals surface area (Å²) in [6.45, 7) is 2.23. The first-order valence-electron chi connectivity index (χ1n) is 13.1. The Kier molecular flexibility index (Phi) is 8.71. The molecule has 7 heteroatoms. The third-order valence-electron chi connectivity index (χ3n) is 7.55. The van der Waals surface area contributed by atoms with Crippen molar-refractivity contribution < 1.29 is 31.1 Å². The number of benzene rings is 3. The van der Waals surface area contributed by atoms with Crippen molar-refractivity contribution in [1.82, 2.24) is 0 Å². The van der Waals surface area contributed by atoms with Gasteiger partial charge < -0.3 is 4.74 Å². The van der Waals surface area contributed by atoms with Gasteiger partial charge in [0.15, 0.2) is 11.6 Å². The van der Waals surface area contributed by atoms with Crippen LogP contribution < -0.4 is 4.74 Å². The summed E-state index contributed by atoms with van der Waals surface area (Å²) in [5.41, 5.74) is 1.73. The number of hydrogen-bond donors (Lipinski definition) is 0. The number of aryl methyl sites for hydroxylation is 2. The average Bonchev–Trinajstić information content (AvgIpc) is 2.86. The Morgan fingerprint density at radius 1 is 0.838 bits per heavy atom. The highest BCUT2D eigenvalue weighted by molar-refractivity contribution is 5.84. The van der Waals surface area contributed by atoms with Crippen LogP contribution in [0, 0.1) is 23.4 Å². The second-order valence-corrected chi connectivity index (χ2v) is 10.2. The normalized spacial score (nSPS) is 18.4. The molecule has 0 amide bonds. The molecule has 0 aliphatic heterocycles. The number of unbranched alkanes of at least 4 members (excludes halogenated alkanes) is 2. The highest BCUT2D eigenvalue weighted by atomic mass is 19.4. The topological polar surface area (TPSA) is 9.23 Å². The predicted molar refractivity (Wildman–Crippen MR) is 133 cm³/mol. The van der Waals surface area contributed by atoms with Crippen molar-refractivity contribution in [3.8, 4) is 5.75 Å². The first-order valence-corrected chi connectivity index (χ1v) is 13.1. The molecule has 1 saturated carbocycles. The number of rotatable bonds is 9. The van der Waals surface area contributed by atoms with Crippen molar-refractivity contribution in [2.75, 3.05) is 0 Å². The lowest BCUT2D eigenvalue weighted by Crippen LogP contribution is -2.19. The first kappa shape index (κ1) is 27.3. The van der Waals surface area contributed by atoms with Crippen LogP contribution in [0.5, 0.6) is 5.75 Å². The van der Waals surface area contributed by atoms with Crippen molar-refractivity contribution >= 4 is 10.8 Å². The molecule has 0 atom stereocenters. The van der Waals surface area contributed by atoms with Crippen molar-refractivity contribution in [2.24, 2.45) is 5.92 Å². The van der Waals surface area contributed by atoms with Crippen LogP contribution in [0.1, 0.15) is 80.9 Å². The zero-order valence-electron chi connectivity index (χ0n) is 20.9. The van der Waals surface area contributed by atoms with E-state index in [0.717, 1.165) is 36.3 Å². The fraction of sp³-hybridized carbons (Fsp3) is 0.467. The van der Waals surface area contributed by atoms with Crippen LogP contribution in [0.25, 0.3) is 10.8 Å². The van der Waals surface area contributed by atoms with Gasteiger partial charge in [-0.2, -0.15) is 0 Å². The third-order valence-corrected chi connectivity index (χ3v) is 7.55. The van der Waals surface area contributed by atoms with Crippen LogP contribution in [0.15, 0.2) is 42.5 Å². The van der Waals surface area contributed by atoms with Crippen LogP contribution in [-0.4, -0.2) is 6.36 Å². The fourth-order valence-electron chi connectivity index (χ4n) is 5.52. The fourth-order valence-corrected chi connectivity index (χ4v) is 5.52. The monoisotopic (exact) mass is 522 g/mol. The Morgan fingerprint density at radius 3 is 2.19 bits per heavy atom. The molecule has 0 aromatic heterocycles. The summed E-state index contributed by atoms with van der Waals surface area (Å²) in [6.07, 6.45) is 4.96. The standard InChI is InChI=1S/C30H32F6O/c1-2-3-4-5-19-6-9-21(10-7-19)23-14-15-25-24(18-23)13-12-22(28(25)33)11-8-20-16-26(31)29(27(32)17-20)37-30(34,35)36/h12-19,21H,2-11H2,1H3. The Balaban J connectivity index is 1.41. The third kappa shape index (κ3) is 6.99. The van der Waals surface area contributed by atoms with Gasteiger partial charge >= 0.3 is 6.36 Å². The Hall–Kier alpha value is -2.70. The summed E-state index contributed by atoms with van der Waals surface area (Å²) in [4.78, 5) is 0. The van der Waals surface area contributed by atoms with E-state index in [2.05, 4.69) is 17.7 Å². The Bertz CT molecular complexity index is 1190. The molecule has 0 heterocycles. The molecule has 0 unspecified atom stereocenters. The number of hydrogen-bond acceptors (Lipinski definition) is 1. The number of fused-ring (bicyclic) bond motifs is 1. The van der Waals surface area contributed by atoms with Crippen molar-refractivity contribution in [2.45, 2.75) is 83.4 Å². The minimum absolute atomic E-state index is 0.0577. The van der Waals surface area contributed by atoms with E-state index >= 15 is 4.39 Å². The van der Waals surface area contributed by atoms with Gasteiger partial charge in [0.2, 0.25) is 5.75 Å². The second kappa shape index (κ2) is 11.8. The molecular weight excluding hydrogens is 490 g/mol. The molecule has 0 N–H and O–H groups in total. The number of alkyl halides is 3. The van der Waals surface area contributed by atoms with E-state index in [1.807, 2.05) is 12.1 Å². The summed E-state index contributed by atoms with van der Waals surface area (Å²) in [5.74, 6) is -3.47. The van der Waals surface area contributed by atoms with Gasteiger partial charge in [-0.05, 0) is 84.6 Å². The predicted octanol–water partition coefficient (Wildman–Crippen LogP) is 9.79. The maximum Gasteiger partial charge on any atom is 0.573 e. The van der Waals surface area contributed by atoms with E-state index in [1.54, 1.807) is 12.1 Å². The second-order valence-electron chi connectivity index (χ2n) is 10.2. The van der Waals surface area contributed by atoms with Gasteiger partial charge in [-0.1, -0.05) is 62.9 Å². The highest BCUT2D eigenvalue weighted by Gasteiger charge is 2.34. The van der Waals surface area contributed by atoms with Gasteiger partial charge in [-0.15, -0.1) is 13.2 Å². The minimum Gasteiger partial charge on any atom is -0.399 e. The molecular formula is C30H32F6O. The van der Waals surface area contributed by atoms with Gasteiger partial charge in [0.05, 0.1) is 0 Å². The van der Waals surface area contributed by atoms with E-state index in [-0.39, 0.29) is 24.2 Å². The van der Waals surface area contributed by atoms with Crippen LogP contribution in [0.4, 0.5) is 26.3 Å². The van der Waals surface area contributed by atoms with E-state index in [0.29, 0.717) is 16.9 Å². The number of ether oxygens (including phenoxy) is 1. The average molecular weight is 523 g/mol. The quantitative estimate of drug-likeness (QED) is 0.201. The lowest BCUT2D eigenvalue weighted by Gasteiger charge is -2.29. The van der Waals surface area contributed by atoms with Crippen LogP contribution >= 0.6 is 0 Å². The van der Waals surface area contributed by atoms with E-state index in [4.69, 9.17) is 0 Å². The number of halogens is 6. The van der Waals surface area contributed by atoms with Crippen LogP contribution in [0.2, 0.25) is 0 Å². The maximum absolute atomic E-state index is 15.3. The molecule has 1 fully saturated rings. The van der Waals surface area contributed by atoms with Gasteiger partial charge in [0.25, 0.3) is 0 Å². The Labute approximate surface area is 213 Å². The zero-order chi connectivity index (χ0) is 26.6. The molecule has 37 heavy (non-hydrogen) atoms. The largest absolute Gasteiger partial charge is 0.573 e. The van der Waals surface area contributed by atoms with Crippen LogP contribution in [-0.2, 0) is 12.8 Å². The van der Waals surface area contributed by atoms with E-state index in [9.17, 15) is 22.0 Å². The van der Waals surface area contributed by atoms with Crippen LogP contribution in [0.3, 0.4) is 0 Å². The van der Waals surface area contributed by atoms with Gasteiger partial charge in [0, 0.05) is 5.39 Å². The highest BCUT2D eigenvalue weighted by Crippen LogP contribution is 2.39. The first-order chi connectivity index (χ1) is 17.6. The van der Waals surface area contributed by atoms with E-state index < -0.39 is 23.7 Å². The summed E-state index contributed by atoms with van der Waals surface area (Å²) in [6, 6.07) is 11.0. The van der Waals surface area contributed by atoms with Crippen molar-refractivity contribution in [3.63, 3.8) is 0 Å². The molecule has 3 aromatic carbocycles. The molecule has 3 aromatic rings. The molecule has 0 bridgehead atoms. The molecule has 0 radical (unpaired) electrons. The summed E-state index contributed by atoms with van der Waals surface area (Å²) in [7, 11) is 0. The lowest BCUT2D eigenvalue weighted by atomic mass is 9.76. The van der Waals surface area contributed by atoms with Crippen molar-refractivity contribution in [1.29, 1.82) is 0 Å². The minimum atomic E-state index is -5.20.